The van der Waals surface area contributed by atoms with Gasteiger partial charge in [-0.3, -0.25) is 0 Å². The average molecular weight is 350 g/mol. The number of fused-ring (bicyclic) bond motifs is 1. The first-order valence-corrected chi connectivity index (χ1v) is 9.26. The van der Waals surface area contributed by atoms with Gasteiger partial charge in [-0.25, -0.2) is 4.79 Å². The predicted molar refractivity (Wildman–Crippen MR) is 93.6 cm³/mol. The van der Waals surface area contributed by atoms with Gasteiger partial charge in [-0.1, -0.05) is 20.4 Å². The third kappa shape index (κ3) is 2.86. The number of hydrogen-bond acceptors (Lipinski definition) is 5. The lowest BCUT2D eigenvalue weighted by Gasteiger charge is -2.60. The van der Waals surface area contributed by atoms with Crippen LogP contribution in [0.2, 0.25) is 0 Å². The molecule has 0 radical (unpaired) electrons. The molecule has 0 spiro atoms. The smallest absolute Gasteiger partial charge is 0.334 e. The van der Waals surface area contributed by atoms with Gasteiger partial charge in [0.2, 0.25) is 0 Å². The molecule has 0 aromatic rings. The van der Waals surface area contributed by atoms with Crippen LogP contribution in [0.4, 0.5) is 0 Å². The van der Waals surface area contributed by atoms with Gasteiger partial charge >= 0.3 is 5.97 Å². The predicted octanol–water partition coefficient (Wildman–Crippen LogP) is 1.96. The Labute approximate surface area is 149 Å². The number of aliphatic hydroxyl groups is 3. The lowest BCUT2D eigenvalue weighted by Crippen LogP contribution is -2.59. The Morgan fingerprint density at radius 1 is 1.36 bits per heavy atom. The summed E-state index contributed by atoms with van der Waals surface area (Å²) in [5.41, 5.74) is 0.741. The van der Waals surface area contributed by atoms with E-state index in [4.69, 9.17) is 4.74 Å². The SMILES string of the molecule is C=C1[C@H](O)C[C@@H]2[C@](C)(CO)[C@H](O)CC[C@]2(C)[C@@H]1CCC1=CCOC1=O. The molecule has 2 saturated carbocycles. The number of carbonyl (C=O) groups is 1. The number of aliphatic hydroxyl groups excluding tert-OH is 3. The standard InChI is InChI=1S/C20H30O5/c1-12-14(5-4-13-7-9-25-18(13)24)19(2)8-6-17(23)20(3,11-21)16(19)10-15(12)22/h7,14-17,21-23H,1,4-6,8-11H2,2-3H3/t14-,15-,16+,17-,19-,20+/m1/s1. The van der Waals surface area contributed by atoms with Gasteiger partial charge in [-0.05, 0) is 61.0 Å². The van der Waals surface area contributed by atoms with Crippen molar-refractivity contribution < 1.29 is 24.9 Å². The van der Waals surface area contributed by atoms with Gasteiger partial charge in [0.25, 0.3) is 0 Å². The van der Waals surface area contributed by atoms with Crippen LogP contribution in [0.5, 0.6) is 0 Å². The Balaban J connectivity index is 1.88. The quantitative estimate of drug-likeness (QED) is 0.533. The summed E-state index contributed by atoms with van der Waals surface area (Å²) in [4.78, 5) is 11.7. The molecule has 140 valence electrons. The van der Waals surface area contributed by atoms with Crippen LogP contribution < -0.4 is 0 Å². The van der Waals surface area contributed by atoms with Crippen LogP contribution in [0, 0.1) is 22.7 Å². The zero-order chi connectivity index (χ0) is 18.4. The third-order valence-corrected chi connectivity index (χ3v) is 7.29. The molecule has 1 aliphatic heterocycles. The van der Waals surface area contributed by atoms with E-state index in [0.29, 0.717) is 31.4 Å². The first-order valence-electron chi connectivity index (χ1n) is 9.26. The van der Waals surface area contributed by atoms with Crippen molar-refractivity contribution in [2.24, 2.45) is 22.7 Å². The highest BCUT2D eigenvalue weighted by Crippen LogP contribution is 2.61. The molecule has 0 unspecified atom stereocenters. The molecule has 3 N–H and O–H groups in total. The number of esters is 1. The Hall–Kier alpha value is -1.17. The maximum absolute atomic E-state index is 11.7. The molecule has 3 rings (SSSR count). The Bertz CT molecular complexity index is 597. The van der Waals surface area contributed by atoms with Crippen molar-refractivity contribution in [3.05, 3.63) is 23.8 Å². The van der Waals surface area contributed by atoms with Crippen LogP contribution in [0.25, 0.3) is 0 Å². The minimum Gasteiger partial charge on any atom is -0.458 e. The van der Waals surface area contributed by atoms with Crippen molar-refractivity contribution >= 4 is 5.97 Å². The van der Waals surface area contributed by atoms with Gasteiger partial charge in [0, 0.05) is 11.0 Å². The van der Waals surface area contributed by atoms with Crippen LogP contribution in [0.3, 0.4) is 0 Å². The van der Waals surface area contributed by atoms with Gasteiger partial charge in [-0.15, -0.1) is 0 Å². The maximum atomic E-state index is 11.7. The molecule has 25 heavy (non-hydrogen) atoms. The number of hydrogen-bond donors (Lipinski definition) is 3. The lowest BCUT2D eigenvalue weighted by atomic mass is 9.45. The maximum Gasteiger partial charge on any atom is 0.334 e. The summed E-state index contributed by atoms with van der Waals surface area (Å²) in [5, 5.41) is 31.1. The molecular weight excluding hydrogens is 320 g/mol. The molecule has 0 bridgehead atoms. The van der Waals surface area contributed by atoms with Crippen molar-refractivity contribution in [2.75, 3.05) is 13.2 Å². The molecule has 0 aromatic carbocycles. The van der Waals surface area contributed by atoms with E-state index in [0.717, 1.165) is 18.4 Å². The fourth-order valence-electron chi connectivity index (χ4n) is 5.55. The lowest BCUT2D eigenvalue weighted by molar-refractivity contribution is -0.164. The van der Waals surface area contributed by atoms with E-state index in [1.807, 2.05) is 13.0 Å². The number of rotatable bonds is 4. The Morgan fingerprint density at radius 3 is 2.68 bits per heavy atom. The summed E-state index contributed by atoms with van der Waals surface area (Å²) < 4.78 is 4.98. The van der Waals surface area contributed by atoms with Crippen molar-refractivity contribution in [1.29, 1.82) is 0 Å². The van der Waals surface area contributed by atoms with E-state index in [1.165, 1.54) is 0 Å². The second-order valence-corrected chi connectivity index (χ2v) is 8.52. The zero-order valence-corrected chi connectivity index (χ0v) is 15.2. The highest BCUT2D eigenvalue weighted by molar-refractivity contribution is 5.90. The Morgan fingerprint density at radius 2 is 2.08 bits per heavy atom. The van der Waals surface area contributed by atoms with E-state index < -0.39 is 17.6 Å². The van der Waals surface area contributed by atoms with Crippen molar-refractivity contribution in [2.45, 2.75) is 58.2 Å². The molecule has 0 saturated heterocycles. The van der Waals surface area contributed by atoms with Gasteiger partial charge in [0.15, 0.2) is 0 Å². The van der Waals surface area contributed by atoms with Crippen LogP contribution in [-0.4, -0.2) is 46.7 Å². The molecular formula is C20H30O5. The highest BCUT2D eigenvalue weighted by Gasteiger charge is 2.59. The summed E-state index contributed by atoms with van der Waals surface area (Å²) in [6, 6.07) is 0. The van der Waals surface area contributed by atoms with E-state index in [1.54, 1.807) is 0 Å². The minimum atomic E-state index is -0.635. The summed E-state index contributed by atoms with van der Waals surface area (Å²) in [5.74, 6) is -0.194. The van der Waals surface area contributed by atoms with Crippen molar-refractivity contribution in [1.82, 2.24) is 0 Å². The van der Waals surface area contributed by atoms with Gasteiger partial charge in [-0.2, -0.15) is 0 Å². The molecule has 1 heterocycles. The summed E-state index contributed by atoms with van der Waals surface area (Å²) >= 11 is 0. The van der Waals surface area contributed by atoms with Gasteiger partial charge < -0.3 is 20.1 Å². The first-order chi connectivity index (χ1) is 11.7. The van der Waals surface area contributed by atoms with E-state index in [-0.39, 0.29) is 29.8 Å². The number of ether oxygens (including phenoxy) is 1. The van der Waals surface area contributed by atoms with Crippen LogP contribution in [0.15, 0.2) is 23.8 Å². The topological polar surface area (TPSA) is 87.0 Å². The molecule has 0 amide bonds. The fourth-order valence-corrected chi connectivity index (χ4v) is 5.55. The largest absolute Gasteiger partial charge is 0.458 e. The third-order valence-electron chi connectivity index (χ3n) is 7.29. The fraction of sp³-hybridized carbons (Fsp3) is 0.750. The van der Waals surface area contributed by atoms with Crippen molar-refractivity contribution in [3.63, 3.8) is 0 Å². The Kier molecular flexibility index (Phi) is 4.86. The van der Waals surface area contributed by atoms with Crippen molar-refractivity contribution in [3.8, 4) is 0 Å². The molecule has 3 aliphatic rings. The van der Waals surface area contributed by atoms with Crippen LogP contribution in [-0.2, 0) is 9.53 Å². The normalized spacial score (nSPS) is 44.3. The number of carbonyl (C=O) groups excluding carboxylic acids is 1. The summed E-state index contributed by atoms with van der Waals surface area (Å²) in [6.07, 6.45) is 3.93. The number of cyclic esters (lactones) is 1. The van der Waals surface area contributed by atoms with Gasteiger partial charge in [0.05, 0.1) is 18.8 Å². The minimum absolute atomic E-state index is 0.00348. The first kappa shape index (κ1) is 18.6. The molecule has 6 atom stereocenters. The molecule has 0 aromatic heterocycles. The van der Waals surface area contributed by atoms with E-state index in [9.17, 15) is 20.1 Å². The van der Waals surface area contributed by atoms with E-state index >= 15 is 0 Å². The van der Waals surface area contributed by atoms with Crippen LogP contribution >= 0.6 is 0 Å². The molecule has 5 heteroatoms. The molecule has 2 aliphatic carbocycles. The van der Waals surface area contributed by atoms with E-state index in [2.05, 4.69) is 13.5 Å². The monoisotopic (exact) mass is 350 g/mol. The van der Waals surface area contributed by atoms with Crippen LogP contribution in [0.1, 0.15) is 46.0 Å². The van der Waals surface area contributed by atoms with Gasteiger partial charge in [0.1, 0.15) is 6.61 Å². The molecule has 5 nitrogen and oxygen atoms in total. The summed E-state index contributed by atoms with van der Waals surface area (Å²) in [6.45, 7) is 8.52. The highest BCUT2D eigenvalue weighted by atomic mass is 16.5. The average Bonchev–Trinajstić information content (AvgIpc) is 2.99. The second kappa shape index (κ2) is 6.53. The zero-order valence-electron chi connectivity index (χ0n) is 15.2. The molecule has 2 fully saturated rings. The summed E-state index contributed by atoms with van der Waals surface area (Å²) in [7, 11) is 0. The second-order valence-electron chi connectivity index (χ2n) is 8.52.